The SMILES string of the molecule is CC1=NNC(=O)N(/N=C/c2cccnc2)C1.N#Cc1nn(-c2c(Cl)cc(C(F)(F)F)cc2Cl)c(N)c1S(=O)C(F)(F)F. The maximum Gasteiger partial charge on any atom is 0.476 e. The number of pyridine rings is 1. The summed E-state index contributed by atoms with van der Waals surface area (Å²) in [6, 6.07) is 5.53. The standard InChI is InChI=1S/C12H4Cl2F6N4OS.C10H11N5O/c13-5-1-4(11(15,16)17)2-6(14)8(5)24-10(22)9(7(3-21)23-24)26(25)12(18,19)20;1-8-7-15(10(16)14-13-8)12-6-9-3-2-4-11-5-9/h1-2H,22H2;2-6H,7H2,1H3,(H,14,16)/b;12-6+. The van der Waals surface area contributed by atoms with E-state index >= 15 is 0 Å². The number of rotatable bonds is 4. The highest BCUT2D eigenvalue weighted by Crippen LogP contribution is 2.40. The van der Waals surface area contributed by atoms with Crippen LogP contribution in [-0.2, 0) is 17.0 Å². The summed E-state index contributed by atoms with van der Waals surface area (Å²) in [7, 11) is -3.71. The van der Waals surface area contributed by atoms with Crippen LogP contribution in [0.15, 0.2) is 51.8 Å². The second-order valence-corrected chi connectivity index (χ2v) is 10.2. The Hall–Kier alpha value is -4.21. The maximum absolute atomic E-state index is 12.7. The van der Waals surface area contributed by atoms with Crippen LogP contribution in [0.2, 0.25) is 10.0 Å². The Kier molecular flexibility index (Phi) is 9.81. The van der Waals surface area contributed by atoms with Gasteiger partial charge < -0.3 is 5.73 Å². The van der Waals surface area contributed by atoms with Gasteiger partial charge in [-0.2, -0.15) is 46.9 Å². The topological polar surface area (TPSA) is 155 Å². The number of alkyl halides is 6. The van der Waals surface area contributed by atoms with Crippen molar-refractivity contribution in [2.75, 3.05) is 12.3 Å². The second-order valence-electron chi connectivity index (χ2n) is 7.94. The van der Waals surface area contributed by atoms with Crippen molar-refractivity contribution in [2.24, 2.45) is 10.2 Å². The molecule has 0 radical (unpaired) electrons. The number of hydrogen-bond donors (Lipinski definition) is 2. The molecule has 4 rings (SSSR count). The highest BCUT2D eigenvalue weighted by molar-refractivity contribution is 7.86. The fraction of sp³-hybridized carbons (Fsp3) is 0.182. The number of aromatic nitrogens is 3. The molecule has 11 nitrogen and oxygen atoms in total. The quantitative estimate of drug-likeness (QED) is 0.295. The molecule has 1 aliphatic rings. The molecule has 1 aromatic carbocycles. The van der Waals surface area contributed by atoms with Crippen molar-refractivity contribution in [3.05, 3.63) is 63.5 Å². The molecule has 42 heavy (non-hydrogen) atoms. The zero-order valence-corrected chi connectivity index (χ0v) is 23.0. The van der Waals surface area contributed by atoms with Crippen molar-refractivity contribution in [1.29, 1.82) is 5.26 Å². The van der Waals surface area contributed by atoms with Gasteiger partial charge in [0.2, 0.25) is 0 Å². The van der Waals surface area contributed by atoms with E-state index in [1.165, 1.54) is 11.1 Å². The number of nitrogens with two attached hydrogens (primary N) is 1. The van der Waals surface area contributed by atoms with E-state index in [0.717, 1.165) is 11.3 Å². The number of amides is 2. The van der Waals surface area contributed by atoms with Crippen molar-refractivity contribution in [3.8, 4) is 11.8 Å². The lowest BCUT2D eigenvalue weighted by Crippen LogP contribution is -2.42. The van der Waals surface area contributed by atoms with Gasteiger partial charge >= 0.3 is 17.7 Å². The molecule has 0 fully saturated rings. The van der Waals surface area contributed by atoms with E-state index in [-0.39, 0.29) is 6.03 Å². The van der Waals surface area contributed by atoms with E-state index in [1.807, 2.05) is 19.1 Å². The number of nitrogens with one attached hydrogen (secondary N) is 1. The van der Waals surface area contributed by atoms with Crippen LogP contribution in [0.25, 0.3) is 5.69 Å². The molecule has 1 aliphatic heterocycles. The predicted octanol–water partition coefficient (Wildman–Crippen LogP) is 5.10. The fourth-order valence-corrected chi connectivity index (χ4v) is 4.51. The van der Waals surface area contributed by atoms with Crippen LogP contribution in [0.4, 0.5) is 37.0 Å². The molecule has 0 saturated heterocycles. The van der Waals surface area contributed by atoms with Gasteiger partial charge in [-0.15, -0.1) is 0 Å². The maximum atomic E-state index is 12.7. The van der Waals surface area contributed by atoms with Crippen molar-refractivity contribution in [2.45, 2.75) is 23.5 Å². The van der Waals surface area contributed by atoms with Gasteiger partial charge in [-0.3, -0.25) is 4.98 Å². The van der Waals surface area contributed by atoms with E-state index in [1.54, 1.807) is 18.6 Å². The lowest BCUT2D eigenvalue weighted by molar-refractivity contribution is -0.137. The summed E-state index contributed by atoms with van der Waals surface area (Å²) < 4.78 is 88.4. The lowest BCUT2D eigenvalue weighted by Gasteiger charge is -2.20. The Bertz CT molecular complexity index is 1600. The molecule has 3 heterocycles. The summed E-state index contributed by atoms with van der Waals surface area (Å²) in [5, 5.41) is 20.2. The number of benzene rings is 1. The number of carbonyl (C=O) groups excluding carboxylic acids is 1. The summed E-state index contributed by atoms with van der Waals surface area (Å²) in [5.74, 6) is -0.902. The third kappa shape index (κ3) is 7.54. The third-order valence-electron chi connectivity index (χ3n) is 4.92. The van der Waals surface area contributed by atoms with E-state index in [2.05, 4.69) is 25.7 Å². The first kappa shape index (κ1) is 32.3. The second kappa shape index (κ2) is 12.8. The Balaban J connectivity index is 0.000000258. The first-order chi connectivity index (χ1) is 19.5. The van der Waals surface area contributed by atoms with Gasteiger partial charge in [0.15, 0.2) is 16.5 Å². The van der Waals surface area contributed by atoms with E-state index in [9.17, 15) is 35.3 Å². The average Bonchev–Trinajstić information content (AvgIpc) is 3.23. The average molecular weight is 654 g/mol. The predicted molar refractivity (Wildman–Crippen MR) is 140 cm³/mol. The van der Waals surface area contributed by atoms with Crippen LogP contribution >= 0.6 is 23.2 Å². The van der Waals surface area contributed by atoms with Crippen molar-refractivity contribution in [1.82, 2.24) is 25.2 Å². The van der Waals surface area contributed by atoms with Gasteiger partial charge in [-0.25, -0.2) is 24.1 Å². The Morgan fingerprint density at radius 2 is 1.86 bits per heavy atom. The van der Waals surface area contributed by atoms with Crippen LogP contribution in [0.3, 0.4) is 0 Å². The number of anilines is 1. The fourth-order valence-electron chi connectivity index (χ4n) is 3.10. The summed E-state index contributed by atoms with van der Waals surface area (Å²) in [4.78, 5) is 14.1. The van der Waals surface area contributed by atoms with Gasteiger partial charge in [-0.05, 0) is 25.1 Å². The molecule has 0 spiro atoms. The Labute approximate surface area is 244 Å². The minimum Gasteiger partial charge on any atom is -0.383 e. The smallest absolute Gasteiger partial charge is 0.383 e. The first-order valence-corrected chi connectivity index (χ1v) is 12.8. The Morgan fingerprint density at radius 3 is 2.38 bits per heavy atom. The molecule has 20 heteroatoms. The largest absolute Gasteiger partial charge is 0.476 e. The number of halogens is 8. The van der Waals surface area contributed by atoms with Crippen molar-refractivity contribution in [3.63, 3.8) is 0 Å². The van der Waals surface area contributed by atoms with Crippen LogP contribution in [0, 0.1) is 11.3 Å². The van der Waals surface area contributed by atoms with E-state index < -0.39 is 60.2 Å². The van der Waals surface area contributed by atoms with E-state index in [4.69, 9.17) is 34.2 Å². The molecule has 2 aromatic heterocycles. The number of nitrogens with zero attached hydrogens (tertiary/aromatic N) is 7. The Morgan fingerprint density at radius 1 is 1.21 bits per heavy atom. The minimum atomic E-state index is -5.25. The first-order valence-electron chi connectivity index (χ1n) is 10.9. The molecule has 3 aromatic rings. The van der Waals surface area contributed by atoms with Gasteiger partial charge in [0.1, 0.15) is 22.5 Å². The number of nitriles is 1. The number of hydrogen-bond acceptors (Lipinski definition) is 8. The van der Waals surface area contributed by atoms with Gasteiger partial charge in [-0.1, -0.05) is 29.3 Å². The monoisotopic (exact) mass is 653 g/mol. The molecule has 222 valence electrons. The van der Waals surface area contributed by atoms with Gasteiger partial charge in [0.05, 0.1) is 34.1 Å². The highest BCUT2D eigenvalue weighted by Gasteiger charge is 2.43. The molecule has 0 aliphatic carbocycles. The molecule has 0 bridgehead atoms. The number of carbonyl (C=O) groups is 1. The molecular weight excluding hydrogens is 639 g/mol. The highest BCUT2D eigenvalue weighted by atomic mass is 35.5. The zero-order valence-electron chi connectivity index (χ0n) is 20.7. The van der Waals surface area contributed by atoms with Crippen molar-refractivity contribution < 1.29 is 35.3 Å². The molecule has 2 amide bonds. The third-order valence-corrected chi connectivity index (χ3v) is 6.69. The van der Waals surface area contributed by atoms with Crippen LogP contribution in [-0.4, -0.2) is 54.0 Å². The van der Waals surface area contributed by atoms with Crippen LogP contribution in [0.1, 0.15) is 23.7 Å². The lowest BCUT2D eigenvalue weighted by atomic mass is 10.2. The molecule has 1 atom stereocenters. The summed E-state index contributed by atoms with van der Waals surface area (Å²) in [5.41, 5.74) is 1.59. The molecule has 1 unspecified atom stereocenters. The van der Waals surface area contributed by atoms with Gasteiger partial charge in [0, 0.05) is 18.0 Å². The number of urea groups is 1. The molecule has 0 saturated carbocycles. The summed E-state index contributed by atoms with van der Waals surface area (Å²) >= 11 is 11.5. The number of hydrazone groups is 2. The summed E-state index contributed by atoms with van der Waals surface area (Å²) in [6.45, 7) is 2.23. The van der Waals surface area contributed by atoms with Crippen LogP contribution in [0.5, 0.6) is 0 Å². The minimum absolute atomic E-state index is 0.328. The summed E-state index contributed by atoms with van der Waals surface area (Å²) in [6.07, 6.45) is 0.154. The van der Waals surface area contributed by atoms with Crippen molar-refractivity contribution >= 4 is 57.8 Å². The molecular formula is C22H15Cl2F6N9O2S. The van der Waals surface area contributed by atoms with Gasteiger partial charge in [0.25, 0.3) is 0 Å². The zero-order chi connectivity index (χ0) is 31.4. The normalized spacial score (nSPS) is 14.5. The van der Waals surface area contributed by atoms with E-state index in [0.29, 0.717) is 23.4 Å². The van der Waals surface area contributed by atoms with Crippen LogP contribution < -0.4 is 11.2 Å². The number of nitrogen functional groups attached to an aromatic ring is 1. The molecule has 3 N–H and O–H groups in total.